The number of guanidine groups is 1. The predicted molar refractivity (Wildman–Crippen MR) is 95.3 cm³/mol. The molecule has 0 saturated heterocycles. The van der Waals surface area contributed by atoms with E-state index >= 15 is 0 Å². The van der Waals surface area contributed by atoms with Crippen LogP contribution in [0.5, 0.6) is 5.75 Å². The number of ether oxygens (including phenoxy) is 1. The van der Waals surface area contributed by atoms with Gasteiger partial charge in [0, 0.05) is 5.56 Å². The highest BCUT2D eigenvalue weighted by molar-refractivity contribution is 5.94. The Morgan fingerprint density at radius 3 is 3.00 bits per heavy atom. The Kier molecular flexibility index (Phi) is 3.42. The van der Waals surface area contributed by atoms with Gasteiger partial charge in [-0.3, -0.25) is 9.88 Å². The van der Waals surface area contributed by atoms with Crippen LogP contribution in [0.2, 0.25) is 0 Å². The summed E-state index contributed by atoms with van der Waals surface area (Å²) in [5.74, 6) is 1.80. The smallest absolute Gasteiger partial charge is 0.212 e. The molecule has 1 atom stereocenters. The molecule has 1 aliphatic heterocycles. The lowest BCUT2D eigenvalue weighted by molar-refractivity contribution is 0.362. The highest BCUT2D eigenvalue weighted by atomic mass is 16.5. The highest BCUT2D eigenvalue weighted by Crippen LogP contribution is 2.33. The van der Waals surface area contributed by atoms with Crippen molar-refractivity contribution in [2.45, 2.75) is 6.17 Å². The molecule has 3 aromatic rings. The second-order valence-corrected chi connectivity index (χ2v) is 5.48. The summed E-state index contributed by atoms with van der Waals surface area (Å²) in [4.78, 5) is 9.17. The van der Waals surface area contributed by atoms with E-state index in [0.717, 1.165) is 22.3 Å². The SMILES string of the molecule is C=CCOc1cccc([C@H]2N=C(N)Nc3nc4ccccc4n32)c1. The van der Waals surface area contributed by atoms with Gasteiger partial charge in [-0.25, -0.2) is 9.98 Å². The van der Waals surface area contributed by atoms with Crippen LogP contribution in [0.4, 0.5) is 5.95 Å². The van der Waals surface area contributed by atoms with Crippen LogP contribution in [0.25, 0.3) is 11.0 Å². The largest absolute Gasteiger partial charge is 0.490 e. The molecule has 2 aromatic carbocycles. The van der Waals surface area contributed by atoms with Crippen molar-refractivity contribution >= 4 is 22.9 Å². The van der Waals surface area contributed by atoms with Crippen LogP contribution >= 0.6 is 0 Å². The number of nitrogens with zero attached hydrogens (tertiary/aromatic N) is 3. The standard InChI is InChI=1S/C18H17N5O/c1-2-10-24-13-7-5-6-12(11-13)16-21-17(19)22-18-20-14-8-3-4-9-15(14)23(16)18/h2-9,11,16H,1,10H2,(H3,19,20,21,22)/t16-/m0/s1. The number of hydrogen-bond donors (Lipinski definition) is 2. The average molecular weight is 319 g/mol. The van der Waals surface area contributed by atoms with Crippen molar-refractivity contribution in [1.29, 1.82) is 0 Å². The molecule has 0 saturated carbocycles. The number of hydrogen-bond acceptors (Lipinski definition) is 5. The van der Waals surface area contributed by atoms with Gasteiger partial charge in [-0.1, -0.05) is 36.9 Å². The van der Waals surface area contributed by atoms with Crippen LogP contribution in [-0.2, 0) is 0 Å². The van der Waals surface area contributed by atoms with Crippen molar-refractivity contribution in [3.8, 4) is 5.75 Å². The van der Waals surface area contributed by atoms with E-state index in [2.05, 4.69) is 21.9 Å². The van der Waals surface area contributed by atoms with E-state index in [1.807, 2.05) is 53.1 Å². The Bertz CT molecular complexity index is 943. The maximum Gasteiger partial charge on any atom is 0.212 e. The van der Waals surface area contributed by atoms with Crippen molar-refractivity contribution in [3.63, 3.8) is 0 Å². The zero-order valence-corrected chi connectivity index (χ0v) is 13.0. The summed E-state index contributed by atoms with van der Waals surface area (Å²) in [6.07, 6.45) is 1.43. The number of aromatic nitrogens is 2. The van der Waals surface area contributed by atoms with Crippen LogP contribution in [-0.4, -0.2) is 22.1 Å². The Morgan fingerprint density at radius 2 is 2.12 bits per heavy atom. The van der Waals surface area contributed by atoms with Gasteiger partial charge in [0.25, 0.3) is 0 Å². The van der Waals surface area contributed by atoms with Crippen LogP contribution in [0.1, 0.15) is 11.7 Å². The quantitative estimate of drug-likeness (QED) is 0.725. The fraction of sp³-hybridized carbons (Fsp3) is 0.111. The highest BCUT2D eigenvalue weighted by Gasteiger charge is 2.25. The van der Waals surface area contributed by atoms with Gasteiger partial charge in [0.15, 0.2) is 12.1 Å². The molecule has 0 unspecified atom stereocenters. The molecule has 1 aliphatic rings. The van der Waals surface area contributed by atoms with Crippen molar-refractivity contribution < 1.29 is 4.74 Å². The van der Waals surface area contributed by atoms with E-state index in [9.17, 15) is 0 Å². The van der Waals surface area contributed by atoms with E-state index in [1.54, 1.807) is 6.08 Å². The third-order valence-electron chi connectivity index (χ3n) is 3.87. The number of fused-ring (bicyclic) bond motifs is 3. The fourth-order valence-electron chi connectivity index (χ4n) is 2.86. The zero-order chi connectivity index (χ0) is 16.5. The van der Waals surface area contributed by atoms with E-state index in [-0.39, 0.29) is 6.17 Å². The van der Waals surface area contributed by atoms with Gasteiger partial charge in [-0.05, 0) is 24.3 Å². The Labute approximate surface area is 139 Å². The molecule has 1 aromatic heterocycles. The number of benzene rings is 2. The first-order valence-corrected chi connectivity index (χ1v) is 7.67. The van der Waals surface area contributed by atoms with Crippen LogP contribution < -0.4 is 15.8 Å². The number of para-hydroxylation sites is 2. The van der Waals surface area contributed by atoms with E-state index < -0.39 is 0 Å². The van der Waals surface area contributed by atoms with Gasteiger partial charge in [-0.15, -0.1) is 0 Å². The number of rotatable bonds is 4. The van der Waals surface area contributed by atoms with E-state index in [4.69, 9.17) is 10.5 Å². The average Bonchev–Trinajstić information content (AvgIpc) is 2.97. The molecule has 0 radical (unpaired) electrons. The summed E-state index contributed by atoms with van der Waals surface area (Å²) < 4.78 is 7.67. The number of aliphatic imine (C=N–C) groups is 1. The lowest BCUT2D eigenvalue weighted by Gasteiger charge is -2.24. The summed E-state index contributed by atoms with van der Waals surface area (Å²) in [6.45, 7) is 4.13. The van der Waals surface area contributed by atoms with Crippen LogP contribution in [0.15, 0.2) is 66.2 Å². The summed E-state index contributed by atoms with van der Waals surface area (Å²) in [6, 6.07) is 15.8. The first-order valence-electron chi connectivity index (χ1n) is 7.67. The maximum atomic E-state index is 5.96. The zero-order valence-electron chi connectivity index (χ0n) is 13.0. The Balaban J connectivity index is 1.83. The predicted octanol–water partition coefficient (Wildman–Crippen LogP) is 2.89. The molecule has 0 aliphatic carbocycles. The van der Waals surface area contributed by atoms with Gasteiger partial charge in [0.1, 0.15) is 12.4 Å². The van der Waals surface area contributed by atoms with Gasteiger partial charge in [0.05, 0.1) is 11.0 Å². The Hall–Kier alpha value is -3.28. The summed E-state index contributed by atoms with van der Waals surface area (Å²) in [5.41, 5.74) is 8.83. The van der Waals surface area contributed by atoms with Crippen LogP contribution in [0, 0.1) is 0 Å². The molecule has 24 heavy (non-hydrogen) atoms. The first kappa shape index (κ1) is 14.3. The maximum absolute atomic E-state index is 5.96. The normalized spacial score (nSPS) is 16.2. The molecular weight excluding hydrogens is 302 g/mol. The molecule has 0 bridgehead atoms. The van der Waals surface area contributed by atoms with Gasteiger partial charge >= 0.3 is 0 Å². The molecule has 120 valence electrons. The molecule has 0 spiro atoms. The minimum Gasteiger partial charge on any atom is -0.490 e. The van der Waals surface area contributed by atoms with Gasteiger partial charge in [0.2, 0.25) is 5.95 Å². The lowest BCUT2D eigenvalue weighted by Crippen LogP contribution is -2.31. The fourth-order valence-corrected chi connectivity index (χ4v) is 2.86. The third kappa shape index (κ3) is 2.38. The van der Waals surface area contributed by atoms with Crippen LogP contribution in [0.3, 0.4) is 0 Å². The number of nitrogens with two attached hydrogens (primary N) is 1. The monoisotopic (exact) mass is 319 g/mol. The van der Waals surface area contributed by atoms with Crippen molar-refractivity contribution in [3.05, 3.63) is 66.7 Å². The van der Waals surface area contributed by atoms with E-state index in [0.29, 0.717) is 18.5 Å². The van der Waals surface area contributed by atoms with E-state index in [1.165, 1.54) is 0 Å². The molecule has 4 rings (SSSR count). The molecule has 0 amide bonds. The molecule has 6 nitrogen and oxygen atoms in total. The summed E-state index contributed by atoms with van der Waals surface area (Å²) in [5, 5.41) is 3.03. The Morgan fingerprint density at radius 1 is 1.25 bits per heavy atom. The minimum absolute atomic E-state index is 0.291. The molecule has 2 heterocycles. The van der Waals surface area contributed by atoms with Crippen molar-refractivity contribution in [2.75, 3.05) is 11.9 Å². The molecule has 3 N–H and O–H groups in total. The first-order chi connectivity index (χ1) is 11.8. The summed E-state index contributed by atoms with van der Waals surface area (Å²) in [7, 11) is 0. The van der Waals surface area contributed by atoms with Gasteiger partial charge < -0.3 is 10.5 Å². The van der Waals surface area contributed by atoms with Gasteiger partial charge in [-0.2, -0.15) is 0 Å². The second kappa shape index (κ2) is 5.73. The topological polar surface area (TPSA) is 77.5 Å². The lowest BCUT2D eigenvalue weighted by atomic mass is 10.1. The summed E-state index contributed by atoms with van der Waals surface area (Å²) >= 11 is 0. The molecule has 6 heteroatoms. The molecular formula is C18H17N5O. The second-order valence-electron chi connectivity index (χ2n) is 5.48. The molecule has 0 fully saturated rings. The number of anilines is 1. The minimum atomic E-state index is -0.291. The number of nitrogens with one attached hydrogen (secondary N) is 1. The third-order valence-corrected chi connectivity index (χ3v) is 3.87. The number of imidazole rings is 1. The van der Waals surface area contributed by atoms with Crippen molar-refractivity contribution in [2.24, 2.45) is 10.7 Å². The van der Waals surface area contributed by atoms with Crippen molar-refractivity contribution in [1.82, 2.24) is 9.55 Å².